The molecule has 1 aliphatic heterocycles. The average molecular weight is 452 g/mol. The second-order valence-corrected chi connectivity index (χ2v) is 8.12. The number of aromatic nitrogens is 4. The van der Waals surface area contributed by atoms with Crippen LogP contribution in [0, 0.1) is 0 Å². The van der Waals surface area contributed by atoms with Crippen LogP contribution < -0.4 is 5.73 Å². The van der Waals surface area contributed by atoms with Crippen LogP contribution in [-0.4, -0.2) is 63.9 Å². The highest BCUT2D eigenvalue weighted by Crippen LogP contribution is 2.47. The van der Waals surface area contributed by atoms with Crippen molar-refractivity contribution in [2.75, 3.05) is 12.3 Å². The average Bonchev–Trinajstić information content (AvgIpc) is 3.15. The molecule has 17 nitrogen and oxygen atoms in total. The number of anilines is 1. The van der Waals surface area contributed by atoms with E-state index in [4.69, 9.17) is 30.3 Å². The van der Waals surface area contributed by atoms with Crippen LogP contribution in [0.1, 0.15) is 6.23 Å². The van der Waals surface area contributed by atoms with Crippen molar-refractivity contribution < 1.29 is 42.5 Å². The molecule has 0 saturated carbocycles. The van der Waals surface area contributed by atoms with E-state index in [9.17, 15) is 18.9 Å². The Hall–Kier alpha value is -2.16. The lowest BCUT2D eigenvalue weighted by molar-refractivity contribution is -0.0474. The summed E-state index contributed by atoms with van der Waals surface area (Å²) < 4.78 is 38.4. The molecule has 1 fully saturated rings. The van der Waals surface area contributed by atoms with Crippen molar-refractivity contribution in [2.45, 2.75) is 24.5 Å². The molecule has 0 spiro atoms. The number of hydrogen-bond donors (Lipinski definition) is 5. The SMILES string of the molecule is [N-]=[N+]=NC1[C@@H](OP(=O)(O)O)[C@H](n2cnc3c(N)ncnc32)O[C@@H]1COP(=O)(O)O. The van der Waals surface area contributed by atoms with Crippen molar-refractivity contribution in [2.24, 2.45) is 5.11 Å². The van der Waals surface area contributed by atoms with Crippen LogP contribution in [0.25, 0.3) is 21.6 Å². The molecule has 1 aliphatic rings. The Morgan fingerprint density at radius 1 is 1.28 bits per heavy atom. The summed E-state index contributed by atoms with van der Waals surface area (Å²) in [7, 11) is -10.0. The van der Waals surface area contributed by atoms with Crippen molar-refractivity contribution in [3.8, 4) is 0 Å². The number of nitrogens with zero attached hydrogens (tertiary/aromatic N) is 7. The Balaban J connectivity index is 2.04. The molecular formula is C10H14N8O9P2. The lowest BCUT2D eigenvalue weighted by Crippen LogP contribution is -2.33. The van der Waals surface area contributed by atoms with Crippen LogP contribution >= 0.6 is 15.6 Å². The smallest absolute Gasteiger partial charge is 0.382 e. The molecule has 29 heavy (non-hydrogen) atoms. The third kappa shape index (κ3) is 4.88. The van der Waals surface area contributed by atoms with E-state index in [0.29, 0.717) is 0 Å². The van der Waals surface area contributed by atoms with E-state index in [-0.39, 0.29) is 17.0 Å². The van der Waals surface area contributed by atoms with Gasteiger partial charge in [-0.25, -0.2) is 24.1 Å². The summed E-state index contributed by atoms with van der Waals surface area (Å²) in [5.41, 5.74) is 14.8. The van der Waals surface area contributed by atoms with Gasteiger partial charge in [0, 0.05) is 4.91 Å². The normalized spacial score (nSPS) is 25.2. The van der Waals surface area contributed by atoms with Gasteiger partial charge in [0.05, 0.1) is 25.1 Å². The highest BCUT2D eigenvalue weighted by atomic mass is 31.2. The zero-order chi connectivity index (χ0) is 21.4. The number of nitrogen functional groups attached to an aromatic ring is 1. The Labute approximate surface area is 160 Å². The molecule has 3 rings (SSSR count). The number of nitrogens with two attached hydrogens (primary N) is 1. The summed E-state index contributed by atoms with van der Waals surface area (Å²) in [6.45, 7) is -0.769. The molecule has 0 radical (unpaired) electrons. The number of rotatable bonds is 7. The Morgan fingerprint density at radius 2 is 2.00 bits per heavy atom. The van der Waals surface area contributed by atoms with Crippen molar-refractivity contribution in [3.05, 3.63) is 23.1 Å². The maximum Gasteiger partial charge on any atom is 0.470 e. The molecule has 2 aromatic heterocycles. The van der Waals surface area contributed by atoms with E-state index in [1.165, 1.54) is 10.9 Å². The fraction of sp³-hybridized carbons (Fsp3) is 0.500. The minimum absolute atomic E-state index is 0.0205. The van der Waals surface area contributed by atoms with Gasteiger partial charge in [0.25, 0.3) is 0 Å². The van der Waals surface area contributed by atoms with E-state index in [1.807, 2.05) is 0 Å². The molecule has 0 bridgehead atoms. The van der Waals surface area contributed by atoms with Gasteiger partial charge in [-0.15, -0.1) is 0 Å². The van der Waals surface area contributed by atoms with Crippen LogP contribution in [-0.2, 0) is 22.9 Å². The van der Waals surface area contributed by atoms with Gasteiger partial charge in [-0.2, -0.15) is 0 Å². The molecule has 3 heterocycles. The molecule has 2 aromatic rings. The summed E-state index contributed by atoms with van der Waals surface area (Å²) in [6, 6.07) is -1.43. The van der Waals surface area contributed by atoms with E-state index in [0.717, 1.165) is 6.33 Å². The maximum absolute atomic E-state index is 11.4. The van der Waals surface area contributed by atoms with Crippen LogP contribution in [0.3, 0.4) is 0 Å². The first-order valence-electron chi connectivity index (χ1n) is 7.57. The molecule has 158 valence electrons. The van der Waals surface area contributed by atoms with Gasteiger partial charge >= 0.3 is 15.6 Å². The van der Waals surface area contributed by atoms with Gasteiger partial charge in [-0.3, -0.25) is 13.6 Å². The third-order valence-corrected chi connectivity index (χ3v) is 4.83. The monoisotopic (exact) mass is 452 g/mol. The minimum atomic E-state index is -5.11. The van der Waals surface area contributed by atoms with E-state index in [1.54, 1.807) is 0 Å². The lowest BCUT2D eigenvalue weighted by atomic mass is 10.1. The molecule has 19 heteroatoms. The largest absolute Gasteiger partial charge is 0.470 e. The van der Waals surface area contributed by atoms with Crippen LogP contribution in [0.15, 0.2) is 17.8 Å². The first-order chi connectivity index (χ1) is 13.5. The van der Waals surface area contributed by atoms with Crippen molar-refractivity contribution in [1.82, 2.24) is 19.5 Å². The van der Waals surface area contributed by atoms with Gasteiger partial charge in [0.2, 0.25) is 0 Å². The minimum Gasteiger partial charge on any atom is -0.382 e. The predicted octanol–water partition coefficient (Wildman–Crippen LogP) is -0.428. The number of phosphoric ester groups is 2. The Morgan fingerprint density at radius 3 is 2.62 bits per heavy atom. The fourth-order valence-electron chi connectivity index (χ4n) is 2.78. The highest BCUT2D eigenvalue weighted by Gasteiger charge is 2.49. The van der Waals surface area contributed by atoms with E-state index < -0.39 is 46.7 Å². The summed E-state index contributed by atoms with van der Waals surface area (Å²) in [6.07, 6.45) is -2.01. The zero-order valence-corrected chi connectivity index (χ0v) is 15.9. The topological polar surface area (TPSA) is 261 Å². The van der Waals surface area contributed by atoms with Gasteiger partial charge < -0.3 is 30.0 Å². The molecule has 1 saturated heterocycles. The van der Waals surface area contributed by atoms with Crippen molar-refractivity contribution in [1.29, 1.82) is 0 Å². The van der Waals surface area contributed by atoms with Crippen LogP contribution in [0.4, 0.5) is 5.82 Å². The number of fused-ring (bicyclic) bond motifs is 1. The lowest BCUT2D eigenvalue weighted by Gasteiger charge is -2.22. The first-order valence-corrected chi connectivity index (χ1v) is 10.6. The molecule has 0 amide bonds. The second-order valence-electron chi connectivity index (χ2n) is 5.69. The molecule has 0 aliphatic carbocycles. The third-order valence-electron chi connectivity index (χ3n) is 3.82. The summed E-state index contributed by atoms with van der Waals surface area (Å²) >= 11 is 0. The molecule has 4 atom stereocenters. The van der Waals surface area contributed by atoms with Gasteiger partial charge in [-0.05, 0) is 5.53 Å². The zero-order valence-electron chi connectivity index (χ0n) is 14.1. The van der Waals surface area contributed by atoms with E-state index >= 15 is 0 Å². The number of phosphoric acid groups is 2. The fourth-order valence-corrected chi connectivity index (χ4v) is 3.67. The summed E-state index contributed by atoms with van der Waals surface area (Å²) in [5, 5.41) is 3.39. The summed E-state index contributed by atoms with van der Waals surface area (Å²) in [5.74, 6) is 0.0205. The highest BCUT2D eigenvalue weighted by molar-refractivity contribution is 7.46. The van der Waals surface area contributed by atoms with Gasteiger partial charge in [0.15, 0.2) is 17.7 Å². The Bertz CT molecular complexity index is 1040. The molecule has 1 unspecified atom stereocenters. The number of ether oxygens (including phenoxy) is 1. The summed E-state index contributed by atoms with van der Waals surface area (Å²) in [4.78, 5) is 50.6. The number of azide groups is 1. The maximum atomic E-state index is 11.4. The number of hydrogen-bond acceptors (Lipinski definition) is 10. The van der Waals surface area contributed by atoms with E-state index in [2.05, 4.69) is 29.5 Å². The second kappa shape index (κ2) is 7.93. The van der Waals surface area contributed by atoms with Crippen LogP contribution in [0.2, 0.25) is 0 Å². The first kappa shape index (κ1) is 21.5. The van der Waals surface area contributed by atoms with Gasteiger partial charge in [0.1, 0.15) is 17.9 Å². The van der Waals surface area contributed by atoms with Crippen LogP contribution in [0.5, 0.6) is 0 Å². The molecular weight excluding hydrogens is 438 g/mol. The molecule has 0 aromatic carbocycles. The standard InChI is InChI=1S/C10H14N8O9P2/c11-8-6-9(14-2-13-8)18(3-15-6)10-7(27-29(22,23)24)5(16-17-12)4(26-10)1-25-28(19,20)21/h2-5,7,10H,1H2,(H2,11,13,14)(H2,19,20,21)(H2,22,23,24)/t4-,5?,7-,10-/m1/s1. The quantitative estimate of drug-likeness (QED) is 0.155. The van der Waals surface area contributed by atoms with Crippen molar-refractivity contribution >= 4 is 32.6 Å². The van der Waals surface area contributed by atoms with Crippen molar-refractivity contribution in [3.63, 3.8) is 0 Å². The van der Waals surface area contributed by atoms with Gasteiger partial charge in [-0.1, -0.05) is 5.11 Å². The predicted molar refractivity (Wildman–Crippen MR) is 91.5 cm³/mol. The molecule has 6 N–H and O–H groups in total. The Kier molecular flexibility index (Phi) is 5.89. The number of imidazole rings is 1.